The van der Waals surface area contributed by atoms with Crippen molar-refractivity contribution < 1.29 is 13.9 Å². The SMILES string of the molecule is C[C@@H]1CC[C@H](C(=O)N2CCC=C(F)C2)O1. The van der Waals surface area contributed by atoms with Crippen molar-refractivity contribution in [3.8, 4) is 0 Å². The van der Waals surface area contributed by atoms with Crippen LogP contribution in [-0.4, -0.2) is 36.1 Å². The Morgan fingerprint density at radius 3 is 3.00 bits per heavy atom. The molecule has 0 N–H and O–H groups in total. The predicted molar refractivity (Wildman–Crippen MR) is 54.0 cm³/mol. The third-order valence-electron chi connectivity index (χ3n) is 2.93. The van der Waals surface area contributed by atoms with E-state index in [-0.39, 0.29) is 30.5 Å². The number of amides is 1. The summed E-state index contributed by atoms with van der Waals surface area (Å²) in [6.07, 6.45) is 3.65. The van der Waals surface area contributed by atoms with Gasteiger partial charge in [-0.25, -0.2) is 4.39 Å². The van der Waals surface area contributed by atoms with Crippen LogP contribution in [0, 0.1) is 0 Å². The molecule has 2 atom stereocenters. The van der Waals surface area contributed by atoms with Gasteiger partial charge in [0.15, 0.2) is 0 Å². The topological polar surface area (TPSA) is 29.5 Å². The molecule has 0 radical (unpaired) electrons. The van der Waals surface area contributed by atoms with Crippen molar-refractivity contribution in [1.29, 1.82) is 0 Å². The number of carbonyl (C=O) groups is 1. The van der Waals surface area contributed by atoms with E-state index >= 15 is 0 Å². The van der Waals surface area contributed by atoms with Crippen molar-refractivity contribution in [3.05, 3.63) is 11.9 Å². The van der Waals surface area contributed by atoms with E-state index in [1.54, 1.807) is 11.0 Å². The molecule has 2 heterocycles. The van der Waals surface area contributed by atoms with Gasteiger partial charge >= 0.3 is 0 Å². The zero-order chi connectivity index (χ0) is 10.8. The van der Waals surface area contributed by atoms with Crippen LogP contribution >= 0.6 is 0 Å². The Balaban J connectivity index is 1.93. The van der Waals surface area contributed by atoms with Gasteiger partial charge in [-0.2, -0.15) is 0 Å². The van der Waals surface area contributed by atoms with E-state index in [1.807, 2.05) is 6.92 Å². The van der Waals surface area contributed by atoms with Crippen LogP contribution < -0.4 is 0 Å². The summed E-state index contributed by atoms with van der Waals surface area (Å²) in [7, 11) is 0. The van der Waals surface area contributed by atoms with Crippen LogP contribution in [-0.2, 0) is 9.53 Å². The van der Waals surface area contributed by atoms with E-state index in [4.69, 9.17) is 4.74 Å². The number of halogens is 1. The largest absolute Gasteiger partial charge is 0.365 e. The molecule has 84 valence electrons. The van der Waals surface area contributed by atoms with E-state index in [0.29, 0.717) is 13.0 Å². The number of rotatable bonds is 1. The standard InChI is InChI=1S/C11H16FNO2/c1-8-4-5-10(15-8)11(14)13-6-2-3-9(12)7-13/h3,8,10H,2,4-7H2,1H3/t8-,10-/m1/s1. The van der Waals surface area contributed by atoms with Gasteiger partial charge in [0.2, 0.25) is 0 Å². The number of hydrogen-bond acceptors (Lipinski definition) is 2. The second-order valence-corrected chi connectivity index (χ2v) is 4.21. The molecule has 2 aliphatic rings. The number of hydrogen-bond donors (Lipinski definition) is 0. The second-order valence-electron chi connectivity index (χ2n) is 4.21. The molecule has 3 nitrogen and oxygen atoms in total. The van der Waals surface area contributed by atoms with Crippen molar-refractivity contribution >= 4 is 5.91 Å². The highest BCUT2D eigenvalue weighted by atomic mass is 19.1. The van der Waals surface area contributed by atoms with Crippen molar-refractivity contribution in [1.82, 2.24) is 4.90 Å². The van der Waals surface area contributed by atoms with E-state index in [9.17, 15) is 9.18 Å². The zero-order valence-electron chi connectivity index (χ0n) is 8.91. The van der Waals surface area contributed by atoms with Crippen molar-refractivity contribution in [2.75, 3.05) is 13.1 Å². The van der Waals surface area contributed by atoms with Gasteiger partial charge in [0.05, 0.1) is 12.6 Å². The van der Waals surface area contributed by atoms with E-state index in [1.165, 1.54) is 0 Å². The first-order chi connectivity index (χ1) is 7.16. The maximum absolute atomic E-state index is 13.0. The molecular formula is C11H16FNO2. The Morgan fingerprint density at radius 1 is 1.60 bits per heavy atom. The summed E-state index contributed by atoms with van der Waals surface area (Å²) >= 11 is 0. The molecule has 0 aliphatic carbocycles. The fraction of sp³-hybridized carbons (Fsp3) is 0.727. The summed E-state index contributed by atoms with van der Waals surface area (Å²) in [5, 5.41) is 0. The molecule has 2 rings (SSSR count). The Hall–Kier alpha value is -0.900. The Kier molecular flexibility index (Phi) is 3.05. The fourth-order valence-corrected chi connectivity index (χ4v) is 2.08. The highest BCUT2D eigenvalue weighted by molar-refractivity contribution is 5.81. The lowest BCUT2D eigenvalue weighted by molar-refractivity contribution is -0.142. The highest BCUT2D eigenvalue weighted by Gasteiger charge is 2.32. The summed E-state index contributed by atoms with van der Waals surface area (Å²) in [4.78, 5) is 13.5. The first-order valence-electron chi connectivity index (χ1n) is 5.45. The van der Waals surface area contributed by atoms with Crippen molar-refractivity contribution in [2.24, 2.45) is 0 Å². The monoisotopic (exact) mass is 213 g/mol. The quantitative estimate of drug-likeness (QED) is 0.662. The first kappa shape index (κ1) is 10.6. The van der Waals surface area contributed by atoms with Gasteiger partial charge < -0.3 is 9.64 Å². The normalized spacial score (nSPS) is 31.6. The van der Waals surface area contributed by atoms with Crippen LogP contribution in [0.25, 0.3) is 0 Å². The zero-order valence-corrected chi connectivity index (χ0v) is 8.91. The second kappa shape index (κ2) is 4.31. The summed E-state index contributed by atoms with van der Waals surface area (Å²) in [5.41, 5.74) is 0. The van der Waals surface area contributed by atoms with Crippen LogP contribution in [0.2, 0.25) is 0 Å². The van der Waals surface area contributed by atoms with Gasteiger partial charge in [0.25, 0.3) is 5.91 Å². The summed E-state index contributed by atoms with van der Waals surface area (Å²) < 4.78 is 18.5. The molecule has 4 heteroatoms. The number of carbonyl (C=O) groups excluding carboxylic acids is 1. The average Bonchev–Trinajstić information content (AvgIpc) is 2.64. The van der Waals surface area contributed by atoms with E-state index in [0.717, 1.165) is 12.8 Å². The van der Waals surface area contributed by atoms with Gasteiger partial charge in [0.1, 0.15) is 11.9 Å². The summed E-state index contributed by atoms with van der Waals surface area (Å²) in [6.45, 7) is 2.69. The number of nitrogens with zero attached hydrogens (tertiary/aromatic N) is 1. The van der Waals surface area contributed by atoms with Crippen LogP contribution in [0.1, 0.15) is 26.2 Å². The lowest BCUT2D eigenvalue weighted by atomic mass is 10.1. The molecule has 2 aliphatic heterocycles. The van der Waals surface area contributed by atoms with Gasteiger partial charge in [-0.3, -0.25) is 4.79 Å². The minimum absolute atomic E-state index is 0.0531. The third kappa shape index (κ3) is 2.37. The molecule has 0 aromatic rings. The minimum Gasteiger partial charge on any atom is -0.365 e. The molecule has 0 saturated carbocycles. The van der Waals surface area contributed by atoms with Crippen LogP contribution in [0.3, 0.4) is 0 Å². The van der Waals surface area contributed by atoms with Crippen LogP contribution in [0.5, 0.6) is 0 Å². The first-order valence-corrected chi connectivity index (χ1v) is 5.45. The lowest BCUT2D eigenvalue weighted by Gasteiger charge is -2.27. The molecule has 1 fully saturated rings. The molecule has 0 spiro atoms. The minimum atomic E-state index is -0.342. The van der Waals surface area contributed by atoms with Gasteiger partial charge in [0, 0.05) is 6.54 Å². The Labute approximate surface area is 88.9 Å². The smallest absolute Gasteiger partial charge is 0.252 e. The predicted octanol–water partition coefficient (Wildman–Crippen LogP) is 1.64. The average molecular weight is 213 g/mol. The number of ether oxygens (including phenoxy) is 1. The van der Waals surface area contributed by atoms with E-state index < -0.39 is 0 Å². The highest BCUT2D eigenvalue weighted by Crippen LogP contribution is 2.22. The maximum atomic E-state index is 13.0. The maximum Gasteiger partial charge on any atom is 0.252 e. The summed E-state index contributed by atoms with van der Waals surface area (Å²) in [6, 6.07) is 0. The Morgan fingerprint density at radius 2 is 2.40 bits per heavy atom. The molecule has 0 aromatic carbocycles. The fourth-order valence-electron chi connectivity index (χ4n) is 2.08. The molecule has 0 aromatic heterocycles. The Bertz CT molecular complexity index is 290. The van der Waals surface area contributed by atoms with Crippen LogP contribution in [0.4, 0.5) is 4.39 Å². The molecule has 1 saturated heterocycles. The molecule has 0 bridgehead atoms. The third-order valence-corrected chi connectivity index (χ3v) is 2.93. The van der Waals surface area contributed by atoms with Crippen molar-refractivity contribution in [2.45, 2.75) is 38.4 Å². The molecule has 0 unspecified atom stereocenters. The molecular weight excluding hydrogens is 197 g/mol. The van der Waals surface area contributed by atoms with Gasteiger partial charge in [-0.15, -0.1) is 0 Å². The summed E-state index contributed by atoms with van der Waals surface area (Å²) in [5.74, 6) is -0.261. The molecule has 15 heavy (non-hydrogen) atoms. The van der Waals surface area contributed by atoms with Crippen LogP contribution in [0.15, 0.2) is 11.9 Å². The molecule has 1 amide bonds. The van der Waals surface area contributed by atoms with E-state index in [2.05, 4.69) is 0 Å². The van der Waals surface area contributed by atoms with Gasteiger partial charge in [-0.05, 0) is 32.3 Å². The van der Waals surface area contributed by atoms with Gasteiger partial charge in [-0.1, -0.05) is 0 Å². The van der Waals surface area contributed by atoms with Crippen molar-refractivity contribution in [3.63, 3.8) is 0 Å². The lowest BCUT2D eigenvalue weighted by Crippen LogP contribution is -2.41.